The maximum absolute atomic E-state index is 2.27. The molecule has 0 aliphatic heterocycles. The van der Waals surface area contributed by atoms with Crippen molar-refractivity contribution < 1.29 is 24.2 Å². The third-order valence-electron chi connectivity index (χ3n) is 2.90. The summed E-state index contributed by atoms with van der Waals surface area (Å²) in [5.74, 6) is 0. The first-order valence-electron chi connectivity index (χ1n) is 6.47. The predicted molar refractivity (Wildman–Crippen MR) is 68.5 cm³/mol. The van der Waals surface area contributed by atoms with Gasteiger partial charge in [-0.25, -0.2) is 0 Å². The zero-order valence-corrected chi connectivity index (χ0v) is 12.8. The van der Waals surface area contributed by atoms with Crippen LogP contribution in [0.1, 0.15) is 57.4 Å². The molecule has 1 aromatic carbocycles. The Balaban J connectivity index is 2.12. The fourth-order valence-corrected chi connectivity index (χ4v) is 2.71. The standard InChI is InChI=1S/C15H22.Zr/c1-2-3-4-5-6-7-9-12-15-13-10-8-11-14-15;/h8,10-11,13-14H,2-7,9H2,1H3;/q;+2. The molecule has 0 aromatic heterocycles. The Morgan fingerprint density at radius 3 is 2.25 bits per heavy atom. The van der Waals surface area contributed by atoms with Gasteiger partial charge in [0.15, 0.2) is 0 Å². The summed E-state index contributed by atoms with van der Waals surface area (Å²) in [6.07, 6.45) is 9.69. The molecule has 0 saturated heterocycles. The van der Waals surface area contributed by atoms with Crippen molar-refractivity contribution in [2.75, 3.05) is 0 Å². The Morgan fingerprint density at radius 1 is 0.938 bits per heavy atom. The van der Waals surface area contributed by atoms with E-state index in [1.165, 1.54) is 50.5 Å². The fourth-order valence-electron chi connectivity index (χ4n) is 1.87. The molecule has 1 rings (SSSR count). The Labute approximate surface area is 115 Å². The van der Waals surface area contributed by atoms with Crippen LogP contribution < -0.4 is 0 Å². The SMILES string of the molecule is CCCCCCCC[C](=[Zr+2])c1ccccc1. The number of rotatable bonds is 8. The summed E-state index contributed by atoms with van der Waals surface area (Å²) in [6.45, 7) is 2.27. The van der Waals surface area contributed by atoms with E-state index in [2.05, 4.69) is 37.3 Å². The fraction of sp³-hybridized carbons (Fsp3) is 0.533. The summed E-state index contributed by atoms with van der Waals surface area (Å²) in [7, 11) is 0. The van der Waals surface area contributed by atoms with Gasteiger partial charge in [-0.2, -0.15) is 0 Å². The van der Waals surface area contributed by atoms with Gasteiger partial charge in [0.05, 0.1) is 0 Å². The first-order chi connectivity index (χ1) is 7.84. The van der Waals surface area contributed by atoms with Gasteiger partial charge in [-0.15, -0.1) is 0 Å². The zero-order chi connectivity index (χ0) is 11.6. The monoisotopic (exact) mass is 292 g/mol. The van der Waals surface area contributed by atoms with Gasteiger partial charge in [0.1, 0.15) is 0 Å². The quantitative estimate of drug-likeness (QED) is 0.619. The number of hydrogen-bond donors (Lipinski definition) is 0. The van der Waals surface area contributed by atoms with E-state index < -0.39 is 0 Å². The molecule has 0 fully saturated rings. The number of hydrogen-bond acceptors (Lipinski definition) is 0. The van der Waals surface area contributed by atoms with Crippen LogP contribution >= 0.6 is 0 Å². The molecule has 0 aliphatic carbocycles. The van der Waals surface area contributed by atoms with Crippen LogP contribution in [0, 0.1) is 0 Å². The average molecular weight is 294 g/mol. The van der Waals surface area contributed by atoms with E-state index in [1.807, 2.05) is 0 Å². The van der Waals surface area contributed by atoms with Gasteiger partial charge in [0.2, 0.25) is 0 Å². The van der Waals surface area contributed by atoms with Gasteiger partial charge in [-0.1, -0.05) is 0 Å². The Hall–Kier alpha value is -0.0269. The molecular formula is C15H22Zr+2. The average Bonchev–Trinajstić information content (AvgIpc) is 2.34. The molecule has 0 unspecified atom stereocenters. The molecule has 0 nitrogen and oxygen atoms in total. The van der Waals surface area contributed by atoms with E-state index in [0.29, 0.717) is 0 Å². The van der Waals surface area contributed by atoms with Crippen molar-refractivity contribution in [2.45, 2.75) is 51.9 Å². The molecule has 84 valence electrons. The molecule has 0 saturated carbocycles. The van der Waals surface area contributed by atoms with Crippen molar-refractivity contribution in [3.05, 3.63) is 35.9 Å². The van der Waals surface area contributed by atoms with Crippen LogP contribution in [0.15, 0.2) is 30.3 Å². The van der Waals surface area contributed by atoms with Gasteiger partial charge in [-0.3, -0.25) is 0 Å². The zero-order valence-electron chi connectivity index (χ0n) is 10.3. The molecule has 0 atom stereocenters. The van der Waals surface area contributed by atoms with E-state index in [9.17, 15) is 0 Å². The first-order valence-corrected chi connectivity index (χ1v) is 7.70. The van der Waals surface area contributed by atoms with Crippen molar-refractivity contribution in [1.29, 1.82) is 0 Å². The summed E-state index contributed by atoms with van der Waals surface area (Å²) in [5.41, 5.74) is 1.45. The molecule has 0 heterocycles. The third kappa shape index (κ3) is 5.90. The Morgan fingerprint density at radius 2 is 1.56 bits per heavy atom. The van der Waals surface area contributed by atoms with Gasteiger partial charge < -0.3 is 0 Å². The van der Waals surface area contributed by atoms with Crippen LogP contribution in [0.2, 0.25) is 0 Å². The van der Waals surface area contributed by atoms with Crippen LogP contribution in [0.25, 0.3) is 0 Å². The van der Waals surface area contributed by atoms with Crippen molar-refractivity contribution in [3.63, 3.8) is 0 Å². The summed E-state index contributed by atoms with van der Waals surface area (Å²) in [6, 6.07) is 10.8. The molecule has 0 bridgehead atoms. The van der Waals surface area contributed by atoms with Gasteiger partial charge in [0.25, 0.3) is 0 Å². The summed E-state index contributed by atoms with van der Waals surface area (Å²) in [5, 5.41) is 0. The summed E-state index contributed by atoms with van der Waals surface area (Å²) in [4.78, 5) is 0. The van der Waals surface area contributed by atoms with Crippen LogP contribution in [0.4, 0.5) is 0 Å². The topological polar surface area (TPSA) is 0 Å². The Bertz CT molecular complexity index is 290. The molecule has 0 aliphatic rings. The molecule has 0 amide bonds. The molecule has 1 aromatic rings. The van der Waals surface area contributed by atoms with Crippen molar-refractivity contribution in [3.8, 4) is 0 Å². The van der Waals surface area contributed by atoms with E-state index >= 15 is 0 Å². The van der Waals surface area contributed by atoms with Gasteiger partial charge >= 0.3 is 115 Å². The number of benzene rings is 1. The number of unbranched alkanes of at least 4 members (excludes halogenated alkanes) is 5. The van der Waals surface area contributed by atoms with Crippen LogP contribution in [-0.2, 0) is 24.2 Å². The summed E-state index contributed by atoms with van der Waals surface area (Å²) < 4.78 is 1.63. The normalized spacial score (nSPS) is 10.4. The second-order valence-electron chi connectivity index (χ2n) is 4.36. The first kappa shape index (κ1) is 14.0. The van der Waals surface area contributed by atoms with Crippen molar-refractivity contribution >= 4 is 3.21 Å². The molecule has 0 N–H and O–H groups in total. The van der Waals surface area contributed by atoms with Crippen molar-refractivity contribution in [1.82, 2.24) is 0 Å². The van der Waals surface area contributed by atoms with Crippen LogP contribution in [0.5, 0.6) is 0 Å². The Kier molecular flexibility index (Phi) is 7.94. The maximum atomic E-state index is 2.27. The van der Waals surface area contributed by atoms with E-state index in [4.69, 9.17) is 0 Å². The molecule has 0 spiro atoms. The second-order valence-corrected chi connectivity index (χ2v) is 5.85. The minimum atomic E-state index is 1.30. The molecule has 0 radical (unpaired) electrons. The van der Waals surface area contributed by atoms with E-state index in [1.54, 1.807) is 27.4 Å². The predicted octanol–water partition coefficient (Wildman–Crippen LogP) is 4.50. The molecule has 1 heteroatoms. The van der Waals surface area contributed by atoms with Gasteiger partial charge in [0, 0.05) is 0 Å². The second kappa shape index (κ2) is 9.05. The minimum absolute atomic E-state index is 1.30. The van der Waals surface area contributed by atoms with Crippen LogP contribution in [0.3, 0.4) is 0 Å². The van der Waals surface area contributed by atoms with E-state index in [-0.39, 0.29) is 0 Å². The van der Waals surface area contributed by atoms with Crippen molar-refractivity contribution in [2.24, 2.45) is 0 Å². The summed E-state index contributed by atoms with van der Waals surface area (Å²) >= 11 is 1.58. The molecular weight excluding hydrogens is 271 g/mol. The van der Waals surface area contributed by atoms with E-state index in [0.717, 1.165) is 0 Å². The molecule has 16 heavy (non-hydrogen) atoms. The third-order valence-corrected chi connectivity index (χ3v) is 4.23. The van der Waals surface area contributed by atoms with Gasteiger partial charge in [-0.05, 0) is 0 Å². The van der Waals surface area contributed by atoms with Crippen LogP contribution in [-0.4, -0.2) is 3.21 Å².